The van der Waals surface area contributed by atoms with Crippen LogP contribution in [0.1, 0.15) is 6.42 Å². The van der Waals surface area contributed by atoms with Crippen molar-refractivity contribution in [3.63, 3.8) is 0 Å². The lowest BCUT2D eigenvalue weighted by Gasteiger charge is -2.41. The van der Waals surface area contributed by atoms with Crippen molar-refractivity contribution in [1.82, 2.24) is 0 Å². The summed E-state index contributed by atoms with van der Waals surface area (Å²) >= 11 is 0. The second-order valence-electron chi connectivity index (χ2n) is 4.29. The van der Waals surface area contributed by atoms with E-state index in [1.54, 1.807) is 0 Å². The molecule has 1 saturated heterocycles. The lowest BCUT2D eigenvalue weighted by Crippen LogP contribution is -2.61. The Kier molecular flexibility index (Phi) is 5.24. The number of aliphatic carboxylic acids is 1. The van der Waals surface area contributed by atoms with Gasteiger partial charge in [0, 0.05) is 6.42 Å². The molecule has 1 aliphatic heterocycles. The minimum atomic E-state index is -4.90. The first-order valence-electron chi connectivity index (χ1n) is 5.34. The zero-order valence-corrected chi connectivity index (χ0v) is 10.8. The van der Waals surface area contributed by atoms with Gasteiger partial charge >= 0.3 is 13.8 Å². The molecule has 0 amide bonds. The molecular formula is C8H15O11P. The van der Waals surface area contributed by atoms with Crippen molar-refractivity contribution in [2.24, 2.45) is 0 Å². The monoisotopic (exact) mass is 318 g/mol. The Hall–Kier alpha value is -0.620. The van der Waals surface area contributed by atoms with Crippen molar-refractivity contribution in [2.75, 3.05) is 6.61 Å². The Morgan fingerprint density at radius 1 is 1.45 bits per heavy atom. The summed E-state index contributed by atoms with van der Waals surface area (Å²) in [6.45, 7) is -1.01. The zero-order chi connectivity index (χ0) is 15.7. The topological polar surface area (TPSA) is 194 Å². The van der Waals surface area contributed by atoms with Crippen LogP contribution in [-0.4, -0.2) is 78.1 Å². The molecule has 118 valence electrons. The van der Waals surface area contributed by atoms with Gasteiger partial charge in [0.2, 0.25) is 0 Å². The summed E-state index contributed by atoms with van der Waals surface area (Å²) in [5.74, 6) is -4.69. The minimum absolute atomic E-state index is 0.841. The van der Waals surface area contributed by atoms with Crippen LogP contribution >= 0.6 is 7.82 Å². The van der Waals surface area contributed by atoms with Crippen LogP contribution in [0.4, 0.5) is 0 Å². The fourth-order valence-electron chi connectivity index (χ4n) is 1.68. The summed E-state index contributed by atoms with van der Waals surface area (Å²) < 4.78 is 19.0. The highest BCUT2D eigenvalue weighted by molar-refractivity contribution is 7.46. The molecule has 1 rings (SSSR count). The standard InChI is InChI=1S/C8H15O11P/c9-3-1-8(14,7(12)13)19-6(5(3)11)4(10)2-18-20(15,16)17/h3-6,9-11,14H,1-2H2,(H,12,13)(H2,15,16,17)/t3-,4-,5+,6-,8-/m1/s1. The van der Waals surface area contributed by atoms with E-state index in [0.717, 1.165) is 0 Å². The van der Waals surface area contributed by atoms with Crippen LogP contribution in [0.2, 0.25) is 0 Å². The van der Waals surface area contributed by atoms with Crippen molar-refractivity contribution in [3.05, 3.63) is 0 Å². The third-order valence-corrected chi connectivity index (χ3v) is 3.16. The van der Waals surface area contributed by atoms with E-state index in [-0.39, 0.29) is 0 Å². The van der Waals surface area contributed by atoms with E-state index in [2.05, 4.69) is 9.26 Å². The fraction of sp³-hybridized carbons (Fsp3) is 0.875. The maximum atomic E-state index is 10.8. The quantitative estimate of drug-likeness (QED) is 0.251. The maximum Gasteiger partial charge on any atom is 0.469 e. The second-order valence-corrected chi connectivity index (χ2v) is 5.53. The predicted molar refractivity (Wildman–Crippen MR) is 58.1 cm³/mol. The van der Waals surface area contributed by atoms with Gasteiger partial charge in [0.25, 0.3) is 5.79 Å². The Balaban J connectivity index is 2.80. The van der Waals surface area contributed by atoms with Gasteiger partial charge in [-0.2, -0.15) is 0 Å². The summed E-state index contributed by atoms with van der Waals surface area (Å²) in [5, 5.41) is 46.9. The number of carbonyl (C=O) groups is 1. The molecule has 7 N–H and O–H groups in total. The molecule has 1 fully saturated rings. The lowest BCUT2D eigenvalue weighted by atomic mass is 9.93. The number of carboxylic acid groups (broad SMARTS) is 1. The van der Waals surface area contributed by atoms with Crippen LogP contribution in [0, 0.1) is 0 Å². The molecule has 0 spiro atoms. The fourth-order valence-corrected chi connectivity index (χ4v) is 2.03. The van der Waals surface area contributed by atoms with E-state index in [4.69, 9.17) is 14.9 Å². The number of aliphatic hydroxyl groups is 4. The molecule has 0 saturated carbocycles. The molecular weight excluding hydrogens is 303 g/mol. The Morgan fingerprint density at radius 3 is 2.45 bits per heavy atom. The maximum absolute atomic E-state index is 10.8. The predicted octanol–water partition coefficient (Wildman–Crippen LogP) is -3.26. The van der Waals surface area contributed by atoms with E-state index < -0.39 is 57.0 Å². The largest absolute Gasteiger partial charge is 0.477 e. The van der Waals surface area contributed by atoms with Crippen LogP contribution in [0.5, 0.6) is 0 Å². The first-order chi connectivity index (χ1) is 8.96. The van der Waals surface area contributed by atoms with Crippen molar-refractivity contribution >= 4 is 13.8 Å². The van der Waals surface area contributed by atoms with Crippen LogP contribution in [0.25, 0.3) is 0 Å². The second kappa shape index (κ2) is 6.02. The first kappa shape index (κ1) is 17.4. The minimum Gasteiger partial charge on any atom is -0.477 e. The van der Waals surface area contributed by atoms with Crippen molar-refractivity contribution < 1.29 is 53.9 Å². The van der Waals surface area contributed by atoms with Crippen molar-refractivity contribution in [2.45, 2.75) is 36.6 Å². The van der Waals surface area contributed by atoms with Crippen LogP contribution in [-0.2, 0) is 18.6 Å². The molecule has 1 aliphatic rings. The molecule has 5 atom stereocenters. The van der Waals surface area contributed by atoms with Crippen LogP contribution in [0.15, 0.2) is 0 Å². The highest BCUT2D eigenvalue weighted by atomic mass is 31.2. The molecule has 0 aromatic rings. The molecule has 0 bridgehead atoms. The molecule has 0 aromatic heterocycles. The van der Waals surface area contributed by atoms with Gasteiger partial charge in [-0.3, -0.25) is 4.52 Å². The van der Waals surface area contributed by atoms with Gasteiger partial charge in [0.1, 0.15) is 18.3 Å². The van der Waals surface area contributed by atoms with Crippen LogP contribution in [0.3, 0.4) is 0 Å². The summed E-state index contributed by atoms with van der Waals surface area (Å²) in [4.78, 5) is 27.7. The Labute approximate surface area is 112 Å². The number of rotatable bonds is 5. The van der Waals surface area contributed by atoms with Gasteiger partial charge in [-0.25, -0.2) is 9.36 Å². The van der Waals surface area contributed by atoms with E-state index in [9.17, 15) is 29.8 Å². The molecule has 0 unspecified atom stereocenters. The van der Waals surface area contributed by atoms with Gasteiger partial charge in [0.15, 0.2) is 0 Å². The highest BCUT2D eigenvalue weighted by Crippen LogP contribution is 2.37. The van der Waals surface area contributed by atoms with Gasteiger partial charge in [-0.05, 0) is 0 Å². The molecule has 1 heterocycles. The number of ether oxygens (including phenoxy) is 1. The van der Waals surface area contributed by atoms with Gasteiger partial charge in [0.05, 0.1) is 12.7 Å². The number of hydrogen-bond acceptors (Lipinski definition) is 8. The summed E-state index contributed by atoms with van der Waals surface area (Å²) in [7, 11) is -4.90. The SMILES string of the molecule is O=C(O)[C@@]1(O)C[C@@H](O)[C@H](O)[C@@H]([C@H](O)COP(=O)(O)O)O1. The molecule has 11 nitrogen and oxygen atoms in total. The lowest BCUT2D eigenvalue weighted by molar-refractivity contribution is -0.308. The summed E-state index contributed by atoms with van der Waals surface area (Å²) in [5.41, 5.74) is 0. The summed E-state index contributed by atoms with van der Waals surface area (Å²) in [6, 6.07) is 0. The van der Waals surface area contributed by atoms with E-state index >= 15 is 0 Å². The average Bonchev–Trinajstić information content (AvgIpc) is 2.29. The van der Waals surface area contributed by atoms with Crippen LogP contribution < -0.4 is 0 Å². The molecule has 12 heteroatoms. The Bertz CT molecular complexity index is 407. The number of phosphoric ester groups is 1. The van der Waals surface area contributed by atoms with E-state index in [1.807, 2.05) is 0 Å². The number of aliphatic hydroxyl groups excluding tert-OH is 3. The smallest absolute Gasteiger partial charge is 0.469 e. The van der Waals surface area contributed by atoms with Gasteiger partial charge in [-0.1, -0.05) is 0 Å². The molecule has 0 aliphatic carbocycles. The third kappa shape index (κ3) is 4.19. The molecule has 0 aromatic carbocycles. The number of carboxylic acids is 1. The van der Waals surface area contributed by atoms with E-state index in [0.29, 0.717) is 0 Å². The van der Waals surface area contributed by atoms with Gasteiger partial charge in [-0.15, -0.1) is 0 Å². The number of hydrogen-bond donors (Lipinski definition) is 7. The normalized spacial score (nSPS) is 36.6. The van der Waals surface area contributed by atoms with E-state index in [1.165, 1.54) is 0 Å². The molecule has 20 heavy (non-hydrogen) atoms. The average molecular weight is 318 g/mol. The van der Waals surface area contributed by atoms with Gasteiger partial charge < -0.3 is 40.1 Å². The van der Waals surface area contributed by atoms with Crippen molar-refractivity contribution in [3.8, 4) is 0 Å². The first-order valence-corrected chi connectivity index (χ1v) is 6.87. The number of phosphoric acid groups is 1. The summed E-state index contributed by atoms with van der Waals surface area (Å²) in [6.07, 6.45) is -8.04. The third-order valence-electron chi connectivity index (χ3n) is 2.67. The zero-order valence-electron chi connectivity index (χ0n) is 9.93. The van der Waals surface area contributed by atoms with Crippen molar-refractivity contribution in [1.29, 1.82) is 0 Å². The molecule has 0 radical (unpaired) electrons. The Morgan fingerprint density at radius 2 is 2.00 bits per heavy atom. The highest BCUT2D eigenvalue weighted by Gasteiger charge is 2.52.